The van der Waals surface area contributed by atoms with E-state index in [-0.39, 0.29) is 5.75 Å². The van der Waals surface area contributed by atoms with Gasteiger partial charge in [0.25, 0.3) is 10.1 Å². The molecule has 0 saturated carbocycles. The van der Waals surface area contributed by atoms with Gasteiger partial charge in [-0.1, -0.05) is 45.4 Å². The van der Waals surface area contributed by atoms with Crippen molar-refractivity contribution in [1.29, 1.82) is 0 Å². The van der Waals surface area contributed by atoms with Gasteiger partial charge in [0.2, 0.25) is 0 Å². The van der Waals surface area contributed by atoms with E-state index in [0.29, 0.717) is 6.42 Å². The first-order chi connectivity index (χ1) is 8.06. The van der Waals surface area contributed by atoms with Crippen molar-refractivity contribution in [3.05, 3.63) is 0 Å². The molecule has 0 fully saturated rings. The van der Waals surface area contributed by atoms with Crippen LogP contribution in [0.2, 0.25) is 0 Å². The first kappa shape index (κ1) is 20.3. The SMILES string of the molecule is CCCCCCCCCS(=O)(=O)O.O=P(O)(O)O. The van der Waals surface area contributed by atoms with Crippen LogP contribution in [0.5, 0.6) is 0 Å². The quantitative estimate of drug-likeness (QED) is 0.305. The molecule has 0 aromatic heterocycles. The highest BCUT2D eigenvalue weighted by molar-refractivity contribution is 7.85. The fraction of sp³-hybridized carbons (Fsp3) is 1.00. The molecule has 0 heterocycles. The Morgan fingerprint density at radius 3 is 1.56 bits per heavy atom. The summed E-state index contributed by atoms with van der Waals surface area (Å²) in [6, 6.07) is 0. The maximum Gasteiger partial charge on any atom is 0.466 e. The average molecular weight is 306 g/mol. The second-order valence-corrected chi connectivity index (χ2v) is 6.52. The maximum absolute atomic E-state index is 10.3. The van der Waals surface area contributed by atoms with Crippen LogP contribution in [-0.4, -0.2) is 33.4 Å². The Hall–Kier alpha value is 0.0200. The molecule has 0 aromatic carbocycles. The molecule has 0 rings (SSSR count). The minimum Gasteiger partial charge on any atom is -0.303 e. The molecule has 4 N–H and O–H groups in total. The van der Waals surface area contributed by atoms with E-state index in [2.05, 4.69) is 6.92 Å². The molecule has 0 bridgehead atoms. The van der Waals surface area contributed by atoms with Crippen molar-refractivity contribution < 1.29 is 32.2 Å². The maximum atomic E-state index is 10.3. The van der Waals surface area contributed by atoms with Gasteiger partial charge >= 0.3 is 7.82 Å². The highest BCUT2D eigenvalue weighted by Gasteiger charge is 2.02. The Morgan fingerprint density at radius 1 is 0.889 bits per heavy atom. The van der Waals surface area contributed by atoms with Crippen molar-refractivity contribution in [2.45, 2.75) is 51.9 Å². The highest BCUT2D eigenvalue weighted by Crippen LogP contribution is 2.25. The Morgan fingerprint density at radius 2 is 1.22 bits per heavy atom. The molecule has 0 aromatic rings. The van der Waals surface area contributed by atoms with E-state index >= 15 is 0 Å². The Kier molecular flexibility index (Phi) is 12.3. The molecule has 112 valence electrons. The standard InChI is InChI=1S/C9H20O3S.H3O4P/c1-2-3-4-5-6-7-8-9-13(10,11)12;1-5(2,3)4/h2-9H2,1H3,(H,10,11,12);(H3,1,2,3,4). The summed E-state index contributed by atoms with van der Waals surface area (Å²) >= 11 is 0. The van der Waals surface area contributed by atoms with E-state index in [9.17, 15) is 8.42 Å². The molecular weight excluding hydrogens is 283 g/mol. The minimum absolute atomic E-state index is 0.0826. The van der Waals surface area contributed by atoms with Crippen LogP contribution in [-0.2, 0) is 14.7 Å². The van der Waals surface area contributed by atoms with Gasteiger partial charge in [-0.2, -0.15) is 8.42 Å². The van der Waals surface area contributed by atoms with E-state index in [1.165, 1.54) is 25.7 Å². The van der Waals surface area contributed by atoms with Crippen molar-refractivity contribution in [3.63, 3.8) is 0 Å². The van der Waals surface area contributed by atoms with Gasteiger partial charge in [0.15, 0.2) is 0 Å². The lowest BCUT2D eigenvalue weighted by Crippen LogP contribution is -2.03. The molecular formula is C9H23O7PS. The molecule has 0 radical (unpaired) electrons. The van der Waals surface area contributed by atoms with Gasteiger partial charge in [-0.05, 0) is 6.42 Å². The van der Waals surface area contributed by atoms with E-state index < -0.39 is 17.9 Å². The van der Waals surface area contributed by atoms with Crippen molar-refractivity contribution in [2.24, 2.45) is 0 Å². The van der Waals surface area contributed by atoms with Crippen LogP contribution in [0, 0.1) is 0 Å². The topological polar surface area (TPSA) is 132 Å². The normalized spacial score (nSPS) is 11.8. The van der Waals surface area contributed by atoms with Crippen molar-refractivity contribution in [1.82, 2.24) is 0 Å². The monoisotopic (exact) mass is 306 g/mol. The van der Waals surface area contributed by atoms with Crippen LogP contribution in [0.15, 0.2) is 0 Å². The van der Waals surface area contributed by atoms with E-state index in [1.54, 1.807) is 0 Å². The molecule has 7 nitrogen and oxygen atoms in total. The van der Waals surface area contributed by atoms with Gasteiger partial charge in [0.05, 0.1) is 5.75 Å². The number of phosphoric acid groups is 1. The van der Waals surface area contributed by atoms with Crippen LogP contribution >= 0.6 is 7.82 Å². The summed E-state index contributed by atoms with van der Waals surface area (Å²) in [6.45, 7) is 2.17. The lowest BCUT2D eigenvalue weighted by molar-refractivity contribution is 0.275. The minimum atomic E-state index is -4.64. The summed E-state index contributed by atoms with van der Waals surface area (Å²) in [5.41, 5.74) is 0. The predicted molar refractivity (Wildman–Crippen MR) is 68.7 cm³/mol. The third-order valence-electron chi connectivity index (χ3n) is 2.01. The first-order valence-corrected chi connectivity index (χ1v) is 8.97. The second-order valence-electron chi connectivity index (χ2n) is 3.92. The molecule has 0 unspecified atom stereocenters. The van der Waals surface area contributed by atoms with Crippen LogP contribution in [0.4, 0.5) is 0 Å². The zero-order valence-corrected chi connectivity index (χ0v) is 12.2. The lowest BCUT2D eigenvalue weighted by atomic mass is 10.1. The van der Waals surface area contributed by atoms with Gasteiger partial charge in [-0.25, -0.2) is 4.57 Å². The van der Waals surface area contributed by atoms with E-state index in [1.807, 2.05) is 0 Å². The molecule has 0 aliphatic carbocycles. The van der Waals surface area contributed by atoms with Crippen molar-refractivity contribution >= 4 is 17.9 Å². The van der Waals surface area contributed by atoms with Crippen LogP contribution in [0.25, 0.3) is 0 Å². The Balaban J connectivity index is 0. The first-order valence-electron chi connectivity index (χ1n) is 5.79. The molecule has 9 heteroatoms. The number of hydrogen-bond donors (Lipinski definition) is 4. The average Bonchev–Trinajstić information content (AvgIpc) is 2.12. The predicted octanol–water partition coefficient (Wildman–Crippen LogP) is 1.70. The summed E-state index contributed by atoms with van der Waals surface area (Å²) in [6.07, 6.45) is 7.48. The van der Waals surface area contributed by atoms with Crippen molar-refractivity contribution in [3.8, 4) is 0 Å². The van der Waals surface area contributed by atoms with Gasteiger partial charge in [-0.3, -0.25) is 4.55 Å². The summed E-state index contributed by atoms with van der Waals surface area (Å²) in [5.74, 6) is -0.0826. The number of unbranched alkanes of at least 4 members (excludes halogenated alkanes) is 6. The zero-order valence-electron chi connectivity index (χ0n) is 10.5. The summed E-state index contributed by atoms with van der Waals surface area (Å²) < 4.78 is 38.0. The largest absolute Gasteiger partial charge is 0.466 e. The molecule has 0 saturated heterocycles. The highest BCUT2D eigenvalue weighted by atomic mass is 32.2. The molecule has 18 heavy (non-hydrogen) atoms. The van der Waals surface area contributed by atoms with Gasteiger partial charge in [-0.15, -0.1) is 0 Å². The summed E-state index contributed by atoms with van der Waals surface area (Å²) in [7, 11) is -8.36. The Bertz CT molecular complexity index is 314. The van der Waals surface area contributed by atoms with E-state index in [0.717, 1.165) is 12.8 Å². The fourth-order valence-corrected chi connectivity index (χ4v) is 1.81. The molecule has 0 atom stereocenters. The second kappa shape index (κ2) is 10.9. The number of hydrogen-bond acceptors (Lipinski definition) is 3. The molecule has 0 aliphatic rings. The van der Waals surface area contributed by atoms with Crippen LogP contribution in [0.3, 0.4) is 0 Å². The van der Waals surface area contributed by atoms with Crippen LogP contribution < -0.4 is 0 Å². The van der Waals surface area contributed by atoms with E-state index in [4.69, 9.17) is 23.8 Å². The smallest absolute Gasteiger partial charge is 0.303 e. The van der Waals surface area contributed by atoms with Gasteiger partial charge in [0.1, 0.15) is 0 Å². The Labute approximate surface area is 108 Å². The zero-order chi connectivity index (χ0) is 14.7. The lowest BCUT2D eigenvalue weighted by Gasteiger charge is -1.99. The molecule has 0 amide bonds. The van der Waals surface area contributed by atoms with Gasteiger partial charge < -0.3 is 14.7 Å². The summed E-state index contributed by atoms with van der Waals surface area (Å²) in [5, 5.41) is 0. The molecule has 0 spiro atoms. The third kappa shape index (κ3) is 36.0. The third-order valence-corrected chi connectivity index (χ3v) is 2.81. The van der Waals surface area contributed by atoms with Crippen LogP contribution in [0.1, 0.15) is 51.9 Å². The molecule has 0 aliphatic heterocycles. The van der Waals surface area contributed by atoms with Gasteiger partial charge in [0, 0.05) is 0 Å². The fourth-order valence-electron chi connectivity index (χ4n) is 1.24. The number of rotatable bonds is 8. The van der Waals surface area contributed by atoms with Crippen molar-refractivity contribution in [2.75, 3.05) is 5.75 Å². The summed E-state index contributed by atoms with van der Waals surface area (Å²) in [4.78, 5) is 21.6.